The normalized spacial score (nSPS) is 10.3. The van der Waals surface area contributed by atoms with Crippen molar-refractivity contribution < 1.29 is 4.79 Å². The summed E-state index contributed by atoms with van der Waals surface area (Å²) in [4.78, 5) is 12.7. The number of benzene rings is 3. The van der Waals surface area contributed by atoms with Crippen LogP contribution in [0.1, 0.15) is 10.4 Å². The van der Waals surface area contributed by atoms with Gasteiger partial charge < -0.3 is 10.3 Å². The highest BCUT2D eigenvalue weighted by Crippen LogP contribution is 2.34. The van der Waals surface area contributed by atoms with E-state index in [1.165, 1.54) is 0 Å². The zero-order chi connectivity index (χ0) is 18.4. The van der Waals surface area contributed by atoms with Crippen LogP contribution < -0.4 is 15.9 Å². The summed E-state index contributed by atoms with van der Waals surface area (Å²) in [6.07, 6.45) is 5.19. The van der Waals surface area contributed by atoms with E-state index in [2.05, 4.69) is 30.2 Å². The number of carbonyl (C=O) groups excluding carboxylic acids is 1. The molecule has 0 aliphatic heterocycles. The Bertz CT molecular complexity index is 880. The maximum atomic E-state index is 12.7. The standard InChI is InChI=1S/C22H17NO2P/c1-2-17-23(25)22(24)20-15-9-10-16-21(20)26(18-11-5-3-6-12-18)19-13-7-4-8-14-19/h1,3-16H,17H2/q-1. The van der Waals surface area contributed by atoms with Gasteiger partial charge in [0.05, 0.1) is 6.54 Å². The van der Waals surface area contributed by atoms with Crippen LogP contribution in [0.15, 0.2) is 84.9 Å². The van der Waals surface area contributed by atoms with Gasteiger partial charge in [-0.05, 0) is 29.9 Å². The van der Waals surface area contributed by atoms with E-state index in [1.807, 2.05) is 48.5 Å². The minimum Gasteiger partial charge on any atom is -0.755 e. The summed E-state index contributed by atoms with van der Waals surface area (Å²) in [5.74, 6) is 1.63. The molecule has 0 N–H and O–H groups in total. The van der Waals surface area contributed by atoms with Crippen molar-refractivity contribution in [3.05, 3.63) is 95.7 Å². The summed E-state index contributed by atoms with van der Waals surface area (Å²) in [5, 5.41) is 15.4. The Hall–Kier alpha value is -2.92. The summed E-state index contributed by atoms with van der Waals surface area (Å²) >= 11 is 0. The maximum Gasteiger partial charge on any atom is 0.244 e. The Balaban J connectivity index is 2.15. The van der Waals surface area contributed by atoms with Crippen LogP contribution in [0.2, 0.25) is 0 Å². The van der Waals surface area contributed by atoms with E-state index in [9.17, 15) is 10.0 Å². The molecule has 0 spiro atoms. The molecule has 1 amide bonds. The van der Waals surface area contributed by atoms with Gasteiger partial charge in [-0.15, -0.1) is 6.42 Å². The SMILES string of the molecule is C#CCN([O-])C(=O)c1ccccc1P(c1ccccc1)c1ccccc1. The predicted molar refractivity (Wildman–Crippen MR) is 108 cm³/mol. The van der Waals surface area contributed by atoms with Crippen LogP contribution in [0.25, 0.3) is 0 Å². The second-order valence-electron chi connectivity index (χ2n) is 5.57. The van der Waals surface area contributed by atoms with E-state index in [1.54, 1.807) is 12.1 Å². The molecule has 0 saturated heterocycles. The second-order valence-corrected chi connectivity index (χ2v) is 7.75. The molecule has 0 saturated carbocycles. The maximum absolute atomic E-state index is 12.7. The second kappa shape index (κ2) is 8.45. The first-order valence-corrected chi connectivity index (χ1v) is 9.48. The molecule has 4 heteroatoms. The Morgan fingerprint density at radius 2 is 1.38 bits per heavy atom. The molecule has 0 radical (unpaired) electrons. The fourth-order valence-electron chi connectivity index (χ4n) is 2.72. The number of rotatable bonds is 5. The van der Waals surface area contributed by atoms with Gasteiger partial charge in [-0.25, -0.2) is 0 Å². The van der Waals surface area contributed by atoms with Crippen LogP contribution in [0.5, 0.6) is 0 Å². The third-order valence-corrected chi connectivity index (χ3v) is 6.37. The van der Waals surface area contributed by atoms with Gasteiger partial charge >= 0.3 is 0 Å². The lowest BCUT2D eigenvalue weighted by Gasteiger charge is -2.28. The molecule has 0 unspecified atom stereocenters. The molecule has 3 rings (SSSR count). The van der Waals surface area contributed by atoms with Gasteiger partial charge in [-0.3, -0.25) is 4.79 Å². The van der Waals surface area contributed by atoms with Gasteiger partial charge in [0.15, 0.2) is 0 Å². The lowest BCUT2D eigenvalue weighted by atomic mass is 10.2. The number of hydrogen-bond donors (Lipinski definition) is 0. The Labute approximate surface area is 154 Å². The lowest BCUT2D eigenvalue weighted by molar-refractivity contribution is 0.0839. The summed E-state index contributed by atoms with van der Waals surface area (Å²) < 4.78 is 0. The van der Waals surface area contributed by atoms with Gasteiger partial charge in [0, 0.05) is 5.56 Å². The van der Waals surface area contributed by atoms with Gasteiger partial charge in [-0.1, -0.05) is 84.8 Å². The van der Waals surface area contributed by atoms with Crippen molar-refractivity contribution in [3.8, 4) is 12.3 Å². The molecule has 0 fully saturated rings. The number of carbonyl (C=O) groups is 1. The number of terminal acetylenes is 1. The van der Waals surface area contributed by atoms with E-state index in [0.717, 1.165) is 15.9 Å². The number of amides is 1. The van der Waals surface area contributed by atoms with Gasteiger partial charge in [0.2, 0.25) is 5.91 Å². The van der Waals surface area contributed by atoms with E-state index < -0.39 is 13.8 Å². The fraction of sp³-hybridized carbons (Fsp3) is 0.0455. The van der Waals surface area contributed by atoms with E-state index in [0.29, 0.717) is 10.6 Å². The highest BCUT2D eigenvalue weighted by atomic mass is 31.1. The fourth-order valence-corrected chi connectivity index (χ4v) is 5.16. The van der Waals surface area contributed by atoms with Crippen LogP contribution in [-0.2, 0) is 0 Å². The first kappa shape index (κ1) is 17.9. The third-order valence-electron chi connectivity index (χ3n) is 3.87. The number of hydroxylamine groups is 2. The molecular formula is C22H17NO2P-. The molecule has 3 aromatic carbocycles. The quantitative estimate of drug-likeness (QED) is 0.400. The van der Waals surface area contributed by atoms with Crippen LogP contribution in [-0.4, -0.2) is 17.5 Å². The van der Waals surface area contributed by atoms with Gasteiger partial charge in [0.1, 0.15) is 0 Å². The van der Waals surface area contributed by atoms with Crippen molar-refractivity contribution in [1.29, 1.82) is 0 Å². The largest absolute Gasteiger partial charge is 0.755 e. The van der Waals surface area contributed by atoms with Crippen molar-refractivity contribution in [3.63, 3.8) is 0 Å². The highest BCUT2D eigenvalue weighted by Gasteiger charge is 2.22. The minimum absolute atomic E-state index is 0.262. The van der Waals surface area contributed by atoms with Crippen molar-refractivity contribution >= 4 is 29.7 Å². The van der Waals surface area contributed by atoms with Crippen molar-refractivity contribution in [2.45, 2.75) is 0 Å². The third kappa shape index (κ3) is 3.83. The summed E-state index contributed by atoms with van der Waals surface area (Å²) in [7, 11) is -0.971. The molecular weight excluding hydrogens is 341 g/mol. The number of hydrogen-bond acceptors (Lipinski definition) is 2. The van der Waals surface area contributed by atoms with E-state index in [4.69, 9.17) is 6.42 Å². The van der Waals surface area contributed by atoms with Crippen LogP contribution >= 0.6 is 7.92 Å². The average molecular weight is 358 g/mol. The molecule has 0 aliphatic rings. The van der Waals surface area contributed by atoms with Crippen LogP contribution in [0.3, 0.4) is 0 Å². The highest BCUT2D eigenvalue weighted by molar-refractivity contribution is 7.80. The molecule has 0 aromatic heterocycles. The first-order chi connectivity index (χ1) is 12.7. The molecule has 0 bridgehead atoms. The summed E-state index contributed by atoms with van der Waals surface area (Å²) in [5.41, 5.74) is 0.400. The van der Waals surface area contributed by atoms with Crippen LogP contribution in [0.4, 0.5) is 0 Å². The lowest BCUT2D eigenvalue weighted by Crippen LogP contribution is -2.32. The molecule has 0 atom stereocenters. The van der Waals surface area contributed by atoms with Crippen molar-refractivity contribution in [2.24, 2.45) is 0 Å². The monoisotopic (exact) mass is 358 g/mol. The van der Waals surface area contributed by atoms with Gasteiger partial charge in [0.25, 0.3) is 0 Å². The van der Waals surface area contributed by atoms with Crippen LogP contribution in [0, 0.1) is 17.6 Å². The first-order valence-electron chi connectivity index (χ1n) is 8.14. The number of nitrogens with zero attached hydrogens (tertiary/aromatic N) is 1. The molecule has 26 heavy (non-hydrogen) atoms. The van der Waals surface area contributed by atoms with E-state index in [-0.39, 0.29) is 6.54 Å². The predicted octanol–water partition coefficient (Wildman–Crippen LogP) is 3.02. The smallest absolute Gasteiger partial charge is 0.244 e. The van der Waals surface area contributed by atoms with Crippen molar-refractivity contribution in [1.82, 2.24) is 5.06 Å². The Morgan fingerprint density at radius 3 is 1.92 bits per heavy atom. The average Bonchev–Trinajstić information content (AvgIpc) is 2.70. The van der Waals surface area contributed by atoms with E-state index >= 15 is 0 Å². The van der Waals surface area contributed by atoms with Crippen molar-refractivity contribution in [2.75, 3.05) is 6.54 Å². The molecule has 3 aromatic rings. The zero-order valence-corrected chi connectivity index (χ0v) is 15.0. The van der Waals surface area contributed by atoms with Gasteiger partial charge in [-0.2, -0.15) is 0 Å². The Kier molecular flexibility index (Phi) is 5.81. The molecule has 0 aliphatic carbocycles. The topological polar surface area (TPSA) is 43.4 Å². The zero-order valence-electron chi connectivity index (χ0n) is 14.1. The molecule has 0 heterocycles. The summed E-state index contributed by atoms with van der Waals surface area (Å²) in [6.45, 7) is -0.262. The molecule has 128 valence electrons. The molecule has 3 nitrogen and oxygen atoms in total. The minimum atomic E-state index is -0.971. The summed E-state index contributed by atoms with van der Waals surface area (Å²) in [6, 6.07) is 27.3. The Morgan fingerprint density at radius 1 is 0.885 bits per heavy atom.